The predicted octanol–water partition coefficient (Wildman–Crippen LogP) is 5.54. The number of isothiocyanates is 1. The lowest BCUT2D eigenvalue weighted by molar-refractivity contribution is -0.110. The van der Waals surface area contributed by atoms with E-state index in [0.717, 1.165) is 11.5 Å². The van der Waals surface area contributed by atoms with Crippen molar-refractivity contribution in [3.05, 3.63) is 0 Å². The van der Waals surface area contributed by atoms with E-state index in [4.69, 9.17) is 0 Å². The predicted molar refractivity (Wildman–Crippen MR) is 111 cm³/mol. The Morgan fingerprint density at radius 3 is 2.57 bits per heavy atom. The molecule has 0 saturated carbocycles. The van der Waals surface area contributed by atoms with Crippen LogP contribution in [-0.2, 0) is 4.79 Å². The number of thiocarbonyl (C=S) groups is 1. The number of thioether (sulfide) groups is 1. The van der Waals surface area contributed by atoms with E-state index in [1.54, 1.807) is 21.6 Å². The van der Waals surface area contributed by atoms with Crippen molar-refractivity contribution in [3.63, 3.8) is 0 Å². The Morgan fingerprint density at radius 2 is 2.00 bits per heavy atom. The van der Waals surface area contributed by atoms with Crippen LogP contribution in [0, 0.1) is 5.92 Å². The molecule has 0 rings (SSSR count). The summed E-state index contributed by atoms with van der Waals surface area (Å²) in [4.78, 5) is 15.8. The third kappa shape index (κ3) is 13.4. The maximum Gasteiger partial charge on any atom is 0.189 e. The van der Waals surface area contributed by atoms with Crippen molar-refractivity contribution >= 4 is 77.4 Å². The van der Waals surface area contributed by atoms with E-state index in [1.165, 1.54) is 11.8 Å². The molecule has 0 aromatic rings. The van der Waals surface area contributed by atoms with Crippen LogP contribution in [0.3, 0.4) is 0 Å². The number of hydrogen-bond donors (Lipinski definition) is 0. The molecule has 122 valence electrons. The molecule has 0 bridgehead atoms. The Hall–Kier alpha value is 1.22. The van der Waals surface area contributed by atoms with Gasteiger partial charge in [0.2, 0.25) is 0 Å². The molecular formula is C13H23NOS6. The van der Waals surface area contributed by atoms with Gasteiger partial charge >= 0.3 is 0 Å². The van der Waals surface area contributed by atoms with E-state index >= 15 is 0 Å². The fourth-order valence-electron chi connectivity index (χ4n) is 1.21. The minimum atomic E-state index is 0.301. The molecule has 0 aliphatic heterocycles. The van der Waals surface area contributed by atoms with Crippen molar-refractivity contribution in [2.75, 3.05) is 24.3 Å². The number of rotatable bonds is 12. The minimum absolute atomic E-state index is 0.301. The zero-order valence-electron chi connectivity index (χ0n) is 12.9. The lowest BCUT2D eigenvalue weighted by atomic mass is 10.1. The van der Waals surface area contributed by atoms with Crippen LogP contribution in [0.5, 0.6) is 0 Å². The van der Waals surface area contributed by atoms with Gasteiger partial charge in [0.25, 0.3) is 0 Å². The number of carbonyl (C=O) groups is 1. The highest BCUT2D eigenvalue weighted by atomic mass is 33.1. The van der Waals surface area contributed by atoms with Gasteiger partial charge in [-0.25, -0.2) is 4.99 Å². The first kappa shape index (κ1) is 22.2. The first-order valence-electron chi connectivity index (χ1n) is 6.68. The van der Waals surface area contributed by atoms with Crippen molar-refractivity contribution in [3.8, 4) is 0 Å². The standard InChI is InChI=1S/C13H23NOS6/c1-10(2)12(7-14-9-16)21-19-6-5-13(15)18-8-11(3)20-17-4/h10-12H,5-8H2,1-4H3. The van der Waals surface area contributed by atoms with Crippen LogP contribution in [0.1, 0.15) is 27.2 Å². The minimum Gasteiger partial charge on any atom is -0.287 e. The third-order valence-corrected chi connectivity index (χ3v) is 9.28. The average Bonchev–Trinajstić information content (AvgIpc) is 2.44. The van der Waals surface area contributed by atoms with Gasteiger partial charge in [-0.15, -0.1) is 0 Å². The first-order valence-corrected chi connectivity index (χ1v) is 13.1. The molecule has 0 aliphatic rings. The summed E-state index contributed by atoms with van der Waals surface area (Å²) in [6.45, 7) is 7.24. The van der Waals surface area contributed by atoms with Gasteiger partial charge in [0, 0.05) is 28.4 Å². The molecule has 0 radical (unpaired) electrons. The van der Waals surface area contributed by atoms with E-state index in [9.17, 15) is 4.79 Å². The van der Waals surface area contributed by atoms with E-state index in [0.29, 0.717) is 34.5 Å². The summed E-state index contributed by atoms with van der Waals surface area (Å²) in [5.41, 5.74) is 0. The van der Waals surface area contributed by atoms with Crippen molar-refractivity contribution < 1.29 is 4.79 Å². The van der Waals surface area contributed by atoms with Crippen LogP contribution in [0.2, 0.25) is 0 Å². The quantitative estimate of drug-likeness (QED) is 0.183. The van der Waals surface area contributed by atoms with Gasteiger partial charge in [-0.05, 0) is 24.4 Å². The summed E-state index contributed by atoms with van der Waals surface area (Å²) in [6.07, 6.45) is 2.71. The second-order valence-electron chi connectivity index (χ2n) is 4.64. The lowest BCUT2D eigenvalue weighted by Gasteiger charge is -2.16. The average molecular weight is 402 g/mol. The maximum atomic E-state index is 11.8. The molecule has 0 heterocycles. The summed E-state index contributed by atoms with van der Waals surface area (Å²) in [5.74, 6) is 2.31. The summed E-state index contributed by atoms with van der Waals surface area (Å²) < 4.78 is 0. The van der Waals surface area contributed by atoms with Gasteiger partial charge in [0.15, 0.2) is 5.12 Å². The highest BCUT2D eigenvalue weighted by molar-refractivity contribution is 8.77. The summed E-state index contributed by atoms with van der Waals surface area (Å²) >= 11 is 6.08. The van der Waals surface area contributed by atoms with Gasteiger partial charge in [-0.3, -0.25) is 4.79 Å². The largest absolute Gasteiger partial charge is 0.287 e. The normalized spacial score (nSPS) is 13.8. The molecule has 0 aliphatic carbocycles. The van der Waals surface area contributed by atoms with E-state index in [1.807, 2.05) is 21.6 Å². The Kier molecular flexibility index (Phi) is 15.6. The molecule has 8 heteroatoms. The summed E-state index contributed by atoms with van der Waals surface area (Å²) in [5, 5.41) is 3.68. The third-order valence-electron chi connectivity index (χ3n) is 2.40. The van der Waals surface area contributed by atoms with Crippen LogP contribution >= 0.6 is 67.2 Å². The van der Waals surface area contributed by atoms with Gasteiger partial charge in [-0.1, -0.05) is 75.7 Å². The fourth-order valence-corrected chi connectivity index (χ4v) is 7.14. The van der Waals surface area contributed by atoms with Crippen LogP contribution in [-0.4, -0.2) is 45.1 Å². The molecule has 2 atom stereocenters. The molecule has 0 aromatic heterocycles. The Balaban J connectivity index is 3.76. The van der Waals surface area contributed by atoms with Crippen molar-refractivity contribution in [1.29, 1.82) is 0 Å². The number of carbonyl (C=O) groups excluding carboxylic acids is 1. The molecule has 0 N–H and O–H groups in total. The molecule has 0 saturated heterocycles. The second-order valence-corrected chi connectivity index (χ2v) is 11.5. The van der Waals surface area contributed by atoms with Crippen LogP contribution < -0.4 is 0 Å². The second kappa shape index (κ2) is 14.8. The zero-order chi connectivity index (χ0) is 16.1. The summed E-state index contributed by atoms with van der Waals surface area (Å²) in [7, 11) is 7.16. The van der Waals surface area contributed by atoms with Gasteiger partial charge in [-0.2, -0.15) is 0 Å². The highest BCUT2D eigenvalue weighted by Gasteiger charge is 2.14. The Bertz CT molecular complexity index is 333. The molecule has 0 amide bonds. The first-order chi connectivity index (χ1) is 10.0. The Labute approximate surface area is 154 Å². The van der Waals surface area contributed by atoms with Crippen LogP contribution in [0.15, 0.2) is 4.99 Å². The van der Waals surface area contributed by atoms with Gasteiger partial charge in [0.05, 0.1) is 11.7 Å². The van der Waals surface area contributed by atoms with Crippen molar-refractivity contribution in [2.45, 2.75) is 37.7 Å². The van der Waals surface area contributed by atoms with Crippen LogP contribution in [0.4, 0.5) is 0 Å². The molecule has 0 spiro atoms. The monoisotopic (exact) mass is 401 g/mol. The zero-order valence-corrected chi connectivity index (χ0v) is 17.8. The SMILES string of the molecule is CSSC(C)CSC(=O)CCSSC(CN=C=S)C(C)C. The highest BCUT2D eigenvalue weighted by Crippen LogP contribution is 2.32. The van der Waals surface area contributed by atoms with E-state index < -0.39 is 0 Å². The maximum absolute atomic E-state index is 11.8. The van der Waals surface area contributed by atoms with Gasteiger partial charge < -0.3 is 0 Å². The van der Waals surface area contributed by atoms with E-state index in [-0.39, 0.29) is 0 Å². The molecule has 0 aromatic carbocycles. The number of nitrogens with zero attached hydrogens (tertiary/aromatic N) is 1. The molecule has 2 nitrogen and oxygen atoms in total. The van der Waals surface area contributed by atoms with Crippen LogP contribution in [0.25, 0.3) is 0 Å². The number of hydrogen-bond acceptors (Lipinski definition) is 8. The molecule has 21 heavy (non-hydrogen) atoms. The smallest absolute Gasteiger partial charge is 0.189 e. The summed E-state index contributed by atoms with van der Waals surface area (Å²) in [6, 6.07) is 0. The van der Waals surface area contributed by atoms with Crippen molar-refractivity contribution in [2.24, 2.45) is 10.9 Å². The van der Waals surface area contributed by atoms with Crippen molar-refractivity contribution in [1.82, 2.24) is 0 Å². The molecule has 0 fully saturated rings. The topological polar surface area (TPSA) is 29.4 Å². The van der Waals surface area contributed by atoms with E-state index in [2.05, 4.69) is 49.4 Å². The Morgan fingerprint density at radius 1 is 1.29 bits per heavy atom. The van der Waals surface area contributed by atoms with Gasteiger partial charge in [0.1, 0.15) is 0 Å². The molecular weight excluding hydrogens is 379 g/mol. The molecule has 2 unspecified atom stereocenters. The number of aliphatic imine (C=N–C) groups is 1. The fraction of sp³-hybridized carbons (Fsp3) is 0.846. The lowest BCUT2D eigenvalue weighted by Crippen LogP contribution is -2.13.